The van der Waals surface area contributed by atoms with Crippen molar-refractivity contribution in [3.63, 3.8) is 0 Å². The van der Waals surface area contributed by atoms with Crippen molar-refractivity contribution in [3.05, 3.63) is 69.7 Å². The van der Waals surface area contributed by atoms with E-state index in [0.29, 0.717) is 30.2 Å². The highest BCUT2D eigenvalue weighted by atomic mass is 35.5. The maximum atomic E-state index is 13.5. The predicted octanol–water partition coefficient (Wildman–Crippen LogP) is 2.75. The monoisotopic (exact) mass is 371 g/mol. The first-order chi connectivity index (χ1) is 12.3. The van der Waals surface area contributed by atoms with Crippen LogP contribution in [0.2, 0.25) is 5.02 Å². The molecule has 0 atom stereocenters. The zero-order valence-corrected chi connectivity index (χ0v) is 15.6. The number of halogens is 1. The van der Waals surface area contributed by atoms with Gasteiger partial charge in [0.25, 0.3) is 5.91 Å². The standard InChI is InChI=1S/C20H22ClN3O2/c1-13-8-15(21)9-16(17(13)18(22)25)19(26)24(20(2)11-23-12-20)10-14-6-4-3-5-7-14/h3-9,23H,10-12H2,1-2H3,(H2,22,25). The Morgan fingerprint density at radius 1 is 1.23 bits per heavy atom. The third-order valence-corrected chi connectivity index (χ3v) is 5.09. The molecule has 0 saturated carbocycles. The highest BCUT2D eigenvalue weighted by Gasteiger charge is 2.41. The Bertz CT molecular complexity index is 848. The number of nitrogens with zero attached hydrogens (tertiary/aromatic N) is 1. The van der Waals surface area contributed by atoms with Gasteiger partial charge in [-0.15, -0.1) is 0 Å². The van der Waals surface area contributed by atoms with Crippen LogP contribution < -0.4 is 11.1 Å². The summed E-state index contributed by atoms with van der Waals surface area (Å²) in [5.41, 5.74) is 7.32. The van der Waals surface area contributed by atoms with E-state index in [1.54, 1.807) is 17.9 Å². The summed E-state index contributed by atoms with van der Waals surface area (Å²) in [5, 5.41) is 3.63. The van der Waals surface area contributed by atoms with Crippen molar-refractivity contribution in [2.45, 2.75) is 25.9 Å². The fraction of sp³-hybridized carbons (Fsp3) is 0.300. The Labute approximate surface area is 158 Å². The highest BCUT2D eigenvalue weighted by molar-refractivity contribution is 6.31. The first-order valence-electron chi connectivity index (χ1n) is 8.48. The molecule has 0 spiro atoms. The number of primary amides is 1. The number of carbonyl (C=O) groups is 2. The molecular weight excluding hydrogens is 350 g/mol. The van der Waals surface area contributed by atoms with Crippen molar-refractivity contribution in [1.29, 1.82) is 0 Å². The van der Waals surface area contributed by atoms with Gasteiger partial charge in [-0.3, -0.25) is 9.59 Å². The predicted molar refractivity (Wildman–Crippen MR) is 102 cm³/mol. The van der Waals surface area contributed by atoms with Gasteiger partial charge in [-0.1, -0.05) is 41.9 Å². The first-order valence-corrected chi connectivity index (χ1v) is 8.86. The van der Waals surface area contributed by atoms with E-state index < -0.39 is 5.91 Å². The number of rotatable bonds is 5. The zero-order chi connectivity index (χ0) is 18.9. The molecule has 6 heteroatoms. The Morgan fingerprint density at radius 2 is 1.88 bits per heavy atom. The Kier molecular flexibility index (Phi) is 5.03. The molecule has 0 radical (unpaired) electrons. The minimum absolute atomic E-state index is 0.230. The lowest BCUT2D eigenvalue weighted by Gasteiger charge is -2.48. The van der Waals surface area contributed by atoms with Crippen molar-refractivity contribution in [3.8, 4) is 0 Å². The molecule has 0 unspecified atom stereocenters. The highest BCUT2D eigenvalue weighted by Crippen LogP contribution is 2.28. The molecule has 2 amide bonds. The van der Waals surface area contributed by atoms with Gasteiger partial charge in [0, 0.05) is 24.7 Å². The van der Waals surface area contributed by atoms with Gasteiger partial charge in [-0.2, -0.15) is 0 Å². The van der Waals surface area contributed by atoms with E-state index >= 15 is 0 Å². The molecule has 1 aliphatic heterocycles. The van der Waals surface area contributed by atoms with E-state index in [4.69, 9.17) is 17.3 Å². The van der Waals surface area contributed by atoms with Crippen LogP contribution in [0.25, 0.3) is 0 Å². The van der Waals surface area contributed by atoms with Crippen LogP contribution in [-0.4, -0.2) is 35.3 Å². The molecule has 1 heterocycles. The van der Waals surface area contributed by atoms with Crippen LogP contribution >= 0.6 is 11.6 Å². The van der Waals surface area contributed by atoms with Crippen molar-refractivity contribution in [1.82, 2.24) is 10.2 Å². The fourth-order valence-electron chi connectivity index (χ4n) is 3.34. The lowest BCUT2D eigenvalue weighted by Crippen LogP contribution is -2.68. The van der Waals surface area contributed by atoms with Gasteiger partial charge in [0.2, 0.25) is 5.91 Å². The number of benzene rings is 2. The SMILES string of the molecule is Cc1cc(Cl)cc(C(=O)N(Cc2ccccc2)C2(C)CNC2)c1C(N)=O. The molecule has 1 saturated heterocycles. The molecule has 0 bridgehead atoms. The van der Waals surface area contributed by atoms with Crippen LogP contribution in [-0.2, 0) is 6.54 Å². The zero-order valence-electron chi connectivity index (χ0n) is 14.9. The Morgan fingerprint density at radius 3 is 2.42 bits per heavy atom. The van der Waals surface area contributed by atoms with Gasteiger partial charge < -0.3 is 16.0 Å². The average Bonchev–Trinajstić information content (AvgIpc) is 2.57. The van der Waals surface area contributed by atoms with Gasteiger partial charge >= 0.3 is 0 Å². The van der Waals surface area contributed by atoms with E-state index in [2.05, 4.69) is 5.32 Å². The van der Waals surface area contributed by atoms with Gasteiger partial charge in [0.15, 0.2) is 0 Å². The molecule has 26 heavy (non-hydrogen) atoms. The van der Waals surface area contributed by atoms with Crippen molar-refractivity contribution in [2.75, 3.05) is 13.1 Å². The molecule has 136 valence electrons. The number of hydrogen-bond donors (Lipinski definition) is 2. The number of carbonyl (C=O) groups excluding carboxylic acids is 2. The number of aryl methyl sites for hydroxylation is 1. The normalized spacial score (nSPS) is 15.2. The minimum atomic E-state index is -0.626. The third-order valence-electron chi connectivity index (χ3n) is 4.87. The summed E-state index contributed by atoms with van der Waals surface area (Å²) in [6.07, 6.45) is 0. The number of amides is 2. The van der Waals surface area contributed by atoms with Crippen LogP contribution in [0.1, 0.15) is 38.8 Å². The van der Waals surface area contributed by atoms with Crippen molar-refractivity contribution >= 4 is 23.4 Å². The van der Waals surface area contributed by atoms with Gasteiger partial charge in [0.1, 0.15) is 0 Å². The van der Waals surface area contributed by atoms with Crippen molar-refractivity contribution in [2.24, 2.45) is 5.73 Å². The molecule has 3 N–H and O–H groups in total. The largest absolute Gasteiger partial charge is 0.366 e. The van der Waals surface area contributed by atoms with Crippen LogP contribution in [0, 0.1) is 6.92 Å². The molecule has 2 aromatic rings. The number of hydrogen-bond acceptors (Lipinski definition) is 3. The number of nitrogens with one attached hydrogen (secondary N) is 1. The summed E-state index contributed by atoms with van der Waals surface area (Å²) in [6.45, 7) is 5.60. The second-order valence-corrected chi connectivity index (χ2v) is 7.42. The quantitative estimate of drug-likeness (QED) is 0.848. The molecule has 0 aromatic heterocycles. The molecule has 2 aromatic carbocycles. The van der Waals surface area contributed by atoms with Crippen molar-refractivity contribution < 1.29 is 9.59 Å². The molecule has 1 fully saturated rings. The Hall–Kier alpha value is -2.37. The summed E-state index contributed by atoms with van der Waals surface area (Å²) in [7, 11) is 0. The van der Waals surface area contributed by atoms with Crippen LogP contribution in [0.4, 0.5) is 0 Å². The fourth-order valence-corrected chi connectivity index (χ4v) is 3.61. The lowest BCUT2D eigenvalue weighted by atomic mass is 9.90. The topological polar surface area (TPSA) is 75.4 Å². The van der Waals surface area contributed by atoms with E-state index in [0.717, 1.165) is 5.56 Å². The van der Waals surface area contributed by atoms with Gasteiger partial charge in [0.05, 0.1) is 16.7 Å². The molecular formula is C20H22ClN3O2. The van der Waals surface area contributed by atoms with E-state index in [-0.39, 0.29) is 22.6 Å². The average molecular weight is 372 g/mol. The van der Waals surface area contributed by atoms with Crippen LogP contribution in [0.5, 0.6) is 0 Å². The smallest absolute Gasteiger partial charge is 0.255 e. The molecule has 1 aliphatic rings. The minimum Gasteiger partial charge on any atom is -0.366 e. The Balaban J connectivity index is 2.05. The van der Waals surface area contributed by atoms with Gasteiger partial charge in [-0.05, 0) is 37.1 Å². The summed E-state index contributed by atoms with van der Waals surface area (Å²) in [4.78, 5) is 27.2. The number of nitrogens with two attached hydrogens (primary N) is 1. The second-order valence-electron chi connectivity index (χ2n) is 6.99. The summed E-state index contributed by atoms with van der Waals surface area (Å²) >= 11 is 6.16. The van der Waals surface area contributed by atoms with E-state index in [9.17, 15) is 9.59 Å². The molecule has 0 aliphatic carbocycles. The lowest BCUT2D eigenvalue weighted by molar-refractivity contribution is 0.0310. The second kappa shape index (κ2) is 7.09. The first kappa shape index (κ1) is 18.4. The van der Waals surface area contributed by atoms with Crippen LogP contribution in [0.15, 0.2) is 42.5 Å². The summed E-state index contributed by atoms with van der Waals surface area (Å²) < 4.78 is 0. The van der Waals surface area contributed by atoms with Crippen LogP contribution in [0.3, 0.4) is 0 Å². The molecule has 5 nitrogen and oxygen atoms in total. The molecule has 3 rings (SSSR count). The maximum Gasteiger partial charge on any atom is 0.255 e. The van der Waals surface area contributed by atoms with E-state index in [1.807, 2.05) is 37.3 Å². The third kappa shape index (κ3) is 3.45. The summed E-state index contributed by atoms with van der Waals surface area (Å²) in [5.74, 6) is -0.865. The van der Waals surface area contributed by atoms with Gasteiger partial charge in [-0.25, -0.2) is 0 Å². The van der Waals surface area contributed by atoms with E-state index in [1.165, 1.54) is 6.07 Å². The summed E-state index contributed by atoms with van der Waals surface area (Å²) in [6, 6.07) is 13.0. The maximum absolute atomic E-state index is 13.5.